The average Bonchev–Trinajstić information content (AvgIpc) is 2.43. The molecule has 3 aromatic carbocycles. The lowest BCUT2D eigenvalue weighted by Crippen LogP contribution is -1.88. The van der Waals surface area contributed by atoms with Crippen LogP contribution in [-0.2, 0) is 0 Å². The molecule has 0 spiro atoms. The van der Waals surface area contributed by atoms with Crippen LogP contribution in [0.25, 0.3) is 21.5 Å². The maximum Gasteiger partial charge on any atom is 0.252 e. The molecule has 0 saturated heterocycles. The fourth-order valence-corrected chi connectivity index (χ4v) is 2.34. The van der Waals surface area contributed by atoms with Crippen LogP contribution in [0.1, 0.15) is 10.4 Å². The third kappa shape index (κ3) is 2.15. The average molecular weight is 271 g/mol. The van der Waals surface area contributed by atoms with Crippen LogP contribution in [0.4, 0.5) is 0 Å². The Bertz CT molecular complexity index is 793. The first-order valence-electron chi connectivity index (χ1n) is 5.89. The van der Waals surface area contributed by atoms with Crippen molar-refractivity contribution >= 4 is 38.4 Å². The van der Waals surface area contributed by atoms with Crippen molar-refractivity contribution in [3.05, 3.63) is 54.1 Å². The van der Waals surface area contributed by atoms with Gasteiger partial charge in [0.15, 0.2) is 0 Å². The Morgan fingerprint density at radius 2 is 1.53 bits per heavy atom. The quantitative estimate of drug-likeness (QED) is 0.510. The number of benzene rings is 3. The Labute approximate surface area is 115 Å². The van der Waals surface area contributed by atoms with Crippen molar-refractivity contribution in [2.75, 3.05) is 7.11 Å². The standard InChI is InChI=1S/C16H11ClO2/c1-19-15-5-4-11-6-13-8-12(16(17)18)3-2-10(13)7-14(11)9-15/h2-9H,1H3. The molecule has 0 aliphatic rings. The molecule has 0 radical (unpaired) electrons. The van der Waals surface area contributed by atoms with Gasteiger partial charge in [0.25, 0.3) is 5.24 Å². The van der Waals surface area contributed by atoms with Crippen LogP contribution >= 0.6 is 11.6 Å². The summed E-state index contributed by atoms with van der Waals surface area (Å²) in [4.78, 5) is 11.2. The molecule has 3 aromatic rings. The van der Waals surface area contributed by atoms with Crippen molar-refractivity contribution in [1.82, 2.24) is 0 Å². The number of fused-ring (bicyclic) bond motifs is 2. The van der Waals surface area contributed by atoms with Crippen molar-refractivity contribution < 1.29 is 9.53 Å². The maximum absolute atomic E-state index is 11.2. The van der Waals surface area contributed by atoms with Crippen molar-refractivity contribution in [3.8, 4) is 5.75 Å². The highest BCUT2D eigenvalue weighted by molar-refractivity contribution is 6.67. The van der Waals surface area contributed by atoms with Crippen LogP contribution in [0.15, 0.2) is 48.5 Å². The van der Waals surface area contributed by atoms with Gasteiger partial charge >= 0.3 is 0 Å². The highest BCUT2D eigenvalue weighted by Gasteiger charge is 2.04. The lowest BCUT2D eigenvalue weighted by Gasteiger charge is -2.05. The summed E-state index contributed by atoms with van der Waals surface area (Å²) >= 11 is 5.51. The molecule has 3 heteroatoms. The largest absolute Gasteiger partial charge is 0.497 e. The van der Waals surface area contributed by atoms with Crippen molar-refractivity contribution in [2.24, 2.45) is 0 Å². The van der Waals surface area contributed by atoms with Crippen LogP contribution < -0.4 is 4.74 Å². The fraction of sp³-hybridized carbons (Fsp3) is 0.0625. The van der Waals surface area contributed by atoms with Gasteiger partial charge in [-0.05, 0) is 69.5 Å². The zero-order valence-electron chi connectivity index (χ0n) is 10.3. The molecule has 2 nitrogen and oxygen atoms in total. The molecular formula is C16H11ClO2. The highest BCUT2D eigenvalue weighted by atomic mass is 35.5. The Morgan fingerprint density at radius 3 is 2.16 bits per heavy atom. The number of hydrogen-bond acceptors (Lipinski definition) is 2. The summed E-state index contributed by atoms with van der Waals surface area (Å²) in [5, 5.41) is 3.85. The van der Waals surface area contributed by atoms with E-state index in [4.69, 9.17) is 16.3 Å². The summed E-state index contributed by atoms with van der Waals surface area (Å²) in [5.41, 5.74) is 0.516. The van der Waals surface area contributed by atoms with E-state index in [2.05, 4.69) is 6.07 Å². The Balaban J connectivity index is 2.28. The van der Waals surface area contributed by atoms with Crippen molar-refractivity contribution in [3.63, 3.8) is 0 Å². The first-order valence-corrected chi connectivity index (χ1v) is 6.26. The van der Waals surface area contributed by atoms with Gasteiger partial charge in [0, 0.05) is 5.56 Å². The molecule has 0 aliphatic heterocycles. The zero-order chi connectivity index (χ0) is 13.4. The van der Waals surface area contributed by atoms with E-state index in [0.29, 0.717) is 5.56 Å². The van der Waals surface area contributed by atoms with Gasteiger partial charge in [0.2, 0.25) is 0 Å². The van der Waals surface area contributed by atoms with Gasteiger partial charge in [0.1, 0.15) is 5.75 Å². The van der Waals surface area contributed by atoms with Crippen molar-refractivity contribution in [2.45, 2.75) is 0 Å². The topological polar surface area (TPSA) is 26.3 Å². The number of halogens is 1. The second kappa shape index (κ2) is 4.56. The summed E-state index contributed by atoms with van der Waals surface area (Å²) in [6, 6.07) is 15.5. The van der Waals surface area contributed by atoms with Crippen LogP contribution in [0.2, 0.25) is 0 Å². The highest BCUT2D eigenvalue weighted by Crippen LogP contribution is 2.27. The normalized spacial score (nSPS) is 10.8. The Hall–Kier alpha value is -2.06. The number of hydrogen-bond donors (Lipinski definition) is 0. The smallest absolute Gasteiger partial charge is 0.252 e. The van der Waals surface area contributed by atoms with Gasteiger partial charge in [-0.2, -0.15) is 0 Å². The first kappa shape index (κ1) is 12.0. The molecule has 0 unspecified atom stereocenters. The minimum Gasteiger partial charge on any atom is -0.497 e. The SMILES string of the molecule is COc1ccc2cc3cc(C(=O)Cl)ccc3cc2c1. The fourth-order valence-electron chi connectivity index (χ4n) is 2.22. The molecule has 0 aromatic heterocycles. The molecule has 0 atom stereocenters. The minimum atomic E-state index is -0.434. The summed E-state index contributed by atoms with van der Waals surface area (Å²) in [5.74, 6) is 0.833. The molecule has 19 heavy (non-hydrogen) atoms. The Kier molecular flexibility index (Phi) is 2.88. The molecule has 3 rings (SSSR count). The second-order valence-electron chi connectivity index (χ2n) is 4.40. The lowest BCUT2D eigenvalue weighted by molar-refractivity contribution is 0.108. The van der Waals surface area contributed by atoms with Gasteiger partial charge in [-0.15, -0.1) is 0 Å². The third-order valence-electron chi connectivity index (χ3n) is 3.23. The van der Waals surface area contributed by atoms with Gasteiger partial charge in [-0.1, -0.05) is 12.1 Å². The lowest BCUT2D eigenvalue weighted by atomic mass is 10.0. The van der Waals surface area contributed by atoms with E-state index in [1.54, 1.807) is 13.2 Å². The zero-order valence-corrected chi connectivity index (χ0v) is 11.1. The minimum absolute atomic E-state index is 0.434. The maximum atomic E-state index is 11.2. The molecule has 94 valence electrons. The summed E-state index contributed by atoms with van der Waals surface area (Å²) < 4.78 is 5.22. The summed E-state index contributed by atoms with van der Waals surface area (Å²) in [6.07, 6.45) is 0. The van der Waals surface area contributed by atoms with Gasteiger partial charge in [-0.3, -0.25) is 4.79 Å². The van der Waals surface area contributed by atoms with E-state index in [1.807, 2.05) is 36.4 Å². The molecule has 0 heterocycles. The number of ether oxygens (including phenoxy) is 1. The molecule has 0 saturated carbocycles. The van der Waals surface area contributed by atoms with Crippen LogP contribution in [0.5, 0.6) is 5.75 Å². The van der Waals surface area contributed by atoms with E-state index in [-0.39, 0.29) is 0 Å². The first-order chi connectivity index (χ1) is 9.17. The van der Waals surface area contributed by atoms with Gasteiger partial charge in [0.05, 0.1) is 7.11 Å². The molecule has 0 amide bonds. The molecule has 0 aliphatic carbocycles. The molecular weight excluding hydrogens is 260 g/mol. The Morgan fingerprint density at radius 1 is 0.895 bits per heavy atom. The predicted molar refractivity (Wildman–Crippen MR) is 78.2 cm³/mol. The van der Waals surface area contributed by atoms with Crippen LogP contribution in [0, 0.1) is 0 Å². The summed E-state index contributed by atoms with van der Waals surface area (Å²) in [6.45, 7) is 0. The molecule has 0 N–H and O–H groups in total. The van der Waals surface area contributed by atoms with E-state index in [0.717, 1.165) is 27.3 Å². The van der Waals surface area contributed by atoms with Gasteiger partial charge in [-0.25, -0.2) is 0 Å². The van der Waals surface area contributed by atoms with E-state index >= 15 is 0 Å². The number of carbonyl (C=O) groups is 1. The molecule has 0 fully saturated rings. The van der Waals surface area contributed by atoms with E-state index < -0.39 is 5.24 Å². The summed E-state index contributed by atoms with van der Waals surface area (Å²) in [7, 11) is 1.65. The number of rotatable bonds is 2. The number of methoxy groups -OCH3 is 1. The number of carbonyl (C=O) groups excluding carboxylic acids is 1. The van der Waals surface area contributed by atoms with Crippen LogP contribution in [0.3, 0.4) is 0 Å². The third-order valence-corrected chi connectivity index (χ3v) is 3.45. The van der Waals surface area contributed by atoms with Crippen molar-refractivity contribution in [1.29, 1.82) is 0 Å². The van der Waals surface area contributed by atoms with E-state index in [9.17, 15) is 4.79 Å². The predicted octanol–water partition coefficient (Wildman–Crippen LogP) is 4.38. The molecule has 0 bridgehead atoms. The monoisotopic (exact) mass is 270 g/mol. The van der Waals surface area contributed by atoms with E-state index in [1.165, 1.54) is 0 Å². The second-order valence-corrected chi connectivity index (χ2v) is 4.74. The van der Waals surface area contributed by atoms with Gasteiger partial charge < -0.3 is 4.74 Å². The van der Waals surface area contributed by atoms with Crippen LogP contribution in [-0.4, -0.2) is 12.4 Å².